The summed E-state index contributed by atoms with van der Waals surface area (Å²) >= 11 is 0. The topological polar surface area (TPSA) is 55.4 Å². The molecule has 0 aliphatic rings. The second-order valence-corrected chi connectivity index (χ2v) is 7.26. The molecule has 20 heavy (non-hydrogen) atoms. The van der Waals surface area contributed by atoms with Gasteiger partial charge in [0.2, 0.25) is 0 Å². The summed E-state index contributed by atoms with van der Waals surface area (Å²) in [7, 11) is -3.06. The molecule has 0 aliphatic carbocycles. The number of ether oxygens (including phenoxy) is 1. The van der Waals surface area contributed by atoms with Crippen LogP contribution >= 0.6 is 0 Å². The summed E-state index contributed by atoms with van der Waals surface area (Å²) in [5, 5.41) is 3.31. The van der Waals surface area contributed by atoms with Gasteiger partial charge in [0.25, 0.3) is 0 Å². The van der Waals surface area contributed by atoms with Crippen molar-refractivity contribution in [2.24, 2.45) is 0 Å². The van der Waals surface area contributed by atoms with E-state index in [1.807, 2.05) is 32.0 Å². The third-order valence-corrected chi connectivity index (χ3v) is 3.89. The highest BCUT2D eigenvalue weighted by atomic mass is 32.2. The van der Waals surface area contributed by atoms with Crippen molar-refractivity contribution in [2.45, 2.75) is 33.2 Å². The van der Waals surface area contributed by atoms with Crippen LogP contribution in [0.25, 0.3) is 0 Å². The average molecular weight is 299 g/mol. The molecule has 114 valence electrons. The first-order valence-corrected chi connectivity index (χ1v) is 9.07. The Morgan fingerprint density at radius 2 is 2.00 bits per heavy atom. The molecule has 1 unspecified atom stereocenters. The Morgan fingerprint density at radius 1 is 1.30 bits per heavy atom. The van der Waals surface area contributed by atoms with E-state index >= 15 is 0 Å². The van der Waals surface area contributed by atoms with E-state index in [4.69, 9.17) is 4.74 Å². The predicted molar refractivity (Wildman–Crippen MR) is 83.1 cm³/mol. The summed E-state index contributed by atoms with van der Waals surface area (Å²) in [5.41, 5.74) is 2.02. The molecule has 0 saturated heterocycles. The first kappa shape index (κ1) is 17.0. The first-order valence-electron chi connectivity index (χ1n) is 7.01. The molecule has 1 rings (SSSR count). The van der Waals surface area contributed by atoms with E-state index in [9.17, 15) is 8.42 Å². The van der Waals surface area contributed by atoms with Gasteiger partial charge in [-0.25, -0.2) is 8.42 Å². The second-order valence-electron chi connectivity index (χ2n) is 5.07. The maximum absolute atomic E-state index is 11.7. The minimum Gasteiger partial charge on any atom is -0.494 e. The van der Waals surface area contributed by atoms with E-state index in [0.29, 0.717) is 6.61 Å². The molecule has 0 aliphatic heterocycles. The van der Waals surface area contributed by atoms with Crippen LogP contribution < -0.4 is 10.1 Å². The molecule has 1 N–H and O–H groups in total. The van der Waals surface area contributed by atoms with Gasteiger partial charge in [0.05, 0.1) is 12.4 Å². The maximum atomic E-state index is 11.7. The van der Waals surface area contributed by atoms with Crippen LogP contribution in [0.4, 0.5) is 0 Å². The van der Waals surface area contributed by atoms with Crippen molar-refractivity contribution in [3.63, 3.8) is 0 Å². The van der Waals surface area contributed by atoms with E-state index < -0.39 is 9.84 Å². The monoisotopic (exact) mass is 299 g/mol. The van der Waals surface area contributed by atoms with Crippen molar-refractivity contribution < 1.29 is 13.2 Å². The van der Waals surface area contributed by atoms with E-state index in [1.54, 1.807) is 0 Å². The van der Waals surface area contributed by atoms with Crippen molar-refractivity contribution in [3.05, 3.63) is 29.3 Å². The Balaban J connectivity index is 3.13. The van der Waals surface area contributed by atoms with E-state index in [2.05, 4.69) is 12.2 Å². The van der Waals surface area contributed by atoms with Crippen LogP contribution in [0.15, 0.2) is 18.2 Å². The second kappa shape index (κ2) is 7.64. The Hall–Kier alpha value is -1.07. The minimum absolute atomic E-state index is 0.0799. The van der Waals surface area contributed by atoms with Crippen molar-refractivity contribution in [3.8, 4) is 5.75 Å². The number of sulfone groups is 1. The smallest absolute Gasteiger partial charge is 0.149 e. The van der Waals surface area contributed by atoms with Gasteiger partial charge in [0, 0.05) is 17.9 Å². The zero-order valence-corrected chi connectivity index (χ0v) is 13.6. The summed E-state index contributed by atoms with van der Waals surface area (Å²) in [4.78, 5) is 0. The molecular weight excluding hydrogens is 274 g/mol. The molecule has 0 heterocycles. The van der Waals surface area contributed by atoms with E-state index in [1.165, 1.54) is 6.26 Å². The van der Waals surface area contributed by atoms with Gasteiger partial charge in [-0.3, -0.25) is 0 Å². The predicted octanol–water partition coefficient (Wildman–Crippen LogP) is 2.48. The van der Waals surface area contributed by atoms with Gasteiger partial charge in [-0.1, -0.05) is 24.6 Å². The lowest BCUT2D eigenvalue weighted by molar-refractivity contribution is 0.332. The molecule has 0 aromatic heterocycles. The zero-order chi connectivity index (χ0) is 15.2. The standard InChI is InChI=1S/C15H25NO3S/c1-5-9-16-14(11-20(4,17)18)13-10-12(3)7-8-15(13)19-6-2/h7-8,10,14,16H,5-6,9,11H2,1-4H3. The average Bonchev–Trinajstić information content (AvgIpc) is 2.35. The lowest BCUT2D eigenvalue weighted by Gasteiger charge is -2.21. The quantitative estimate of drug-likeness (QED) is 0.801. The summed E-state index contributed by atoms with van der Waals surface area (Å²) in [6, 6.07) is 5.67. The molecule has 0 amide bonds. The molecule has 0 radical (unpaired) electrons. The van der Waals surface area contributed by atoms with E-state index in [-0.39, 0.29) is 11.8 Å². The van der Waals surface area contributed by atoms with Crippen molar-refractivity contribution >= 4 is 9.84 Å². The van der Waals surface area contributed by atoms with Crippen LogP contribution in [-0.4, -0.2) is 33.6 Å². The number of nitrogens with one attached hydrogen (secondary N) is 1. The Kier molecular flexibility index (Phi) is 6.49. The summed E-state index contributed by atoms with van der Waals surface area (Å²) in [6.07, 6.45) is 2.22. The van der Waals surface area contributed by atoms with Crippen LogP contribution in [-0.2, 0) is 9.84 Å². The van der Waals surface area contributed by atoms with Gasteiger partial charge in [0.15, 0.2) is 0 Å². The highest BCUT2D eigenvalue weighted by molar-refractivity contribution is 7.90. The third kappa shape index (κ3) is 5.51. The number of rotatable bonds is 8. The maximum Gasteiger partial charge on any atom is 0.149 e. The summed E-state index contributed by atoms with van der Waals surface area (Å²) in [5.74, 6) is 0.839. The van der Waals surface area contributed by atoms with Crippen molar-refractivity contribution in [2.75, 3.05) is 25.2 Å². The number of hydrogen-bond acceptors (Lipinski definition) is 4. The van der Waals surface area contributed by atoms with Gasteiger partial charge in [-0.15, -0.1) is 0 Å². The van der Waals surface area contributed by atoms with Crippen molar-refractivity contribution in [1.29, 1.82) is 0 Å². The molecule has 0 bridgehead atoms. The minimum atomic E-state index is -3.06. The molecule has 1 aromatic rings. The molecular formula is C15H25NO3S. The fourth-order valence-corrected chi connectivity index (χ4v) is 3.01. The lowest BCUT2D eigenvalue weighted by atomic mass is 10.0. The molecule has 0 fully saturated rings. The van der Waals surface area contributed by atoms with Gasteiger partial charge in [-0.05, 0) is 32.9 Å². The SMILES string of the molecule is CCCNC(CS(C)(=O)=O)c1cc(C)ccc1OCC. The Labute approximate surface area is 122 Å². The third-order valence-electron chi connectivity index (χ3n) is 2.95. The highest BCUT2D eigenvalue weighted by Crippen LogP contribution is 2.27. The number of benzene rings is 1. The van der Waals surface area contributed by atoms with Crippen LogP contribution in [0.2, 0.25) is 0 Å². The zero-order valence-electron chi connectivity index (χ0n) is 12.8. The Bertz CT molecular complexity index is 526. The van der Waals surface area contributed by atoms with Crippen LogP contribution in [0.1, 0.15) is 37.4 Å². The van der Waals surface area contributed by atoms with Gasteiger partial charge in [0.1, 0.15) is 15.6 Å². The summed E-state index contributed by atoms with van der Waals surface area (Å²) in [6.45, 7) is 7.32. The molecule has 0 spiro atoms. The fourth-order valence-electron chi connectivity index (χ4n) is 2.11. The van der Waals surface area contributed by atoms with Gasteiger partial charge in [-0.2, -0.15) is 0 Å². The molecule has 4 nitrogen and oxygen atoms in total. The molecule has 1 atom stereocenters. The number of aryl methyl sites for hydroxylation is 1. The first-order chi connectivity index (χ1) is 9.37. The van der Waals surface area contributed by atoms with Gasteiger partial charge >= 0.3 is 0 Å². The van der Waals surface area contributed by atoms with Gasteiger partial charge < -0.3 is 10.1 Å². The molecule has 1 aromatic carbocycles. The van der Waals surface area contributed by atoms with Crippen molar-refractivity contribution in [1.82, 2.24) is 5.32 Å². The number of hydrogen-bond donors (Lipinski definition) is 1. The van der Waals surface area contributed by atoms with E-state index in [0.717, 1.165) is 29.8 Å². The Morgan fingerprint density at radius 3 is 2.55 bits per heavy atom. The largest absolute Gasteiger partial charge is 0.494 e. The van der Waals surface area contributed by atoms with Crippen LogP contribution in [0, 0.1) is 6.92 Å². The van der Waals surface area contributed by atoms with Crippen LogP contribution in [0.5, 0.6) is 5.75 Å². The summed E-state index contributed by atoms with van der Waals surface area (Å²) < 4.78 is 28.9. The molecule has 5 heteroatoms. The normalized spacial score (nSPS) is 13.2. The molecule has 0 saturated carbocycles. The highest BCUT2D eigenvalue weighted by Gasteiger charge is 2.20. The fraction of sp³-hybridized carbons (Fsp3) is 0.600. The lowest BCUT2D eigenvalue weighted by Crippen LogP contribution is -2.29. The van der Waals surface area contributed by atoms with Crippen LogP contribution in [0.3, 0.4) is 0 Å².